The summed E-state index contributed by atoms with van der Waals surface area (Å²) in [4.78, 5) is 23.8. The van der Waals surface area contributed by atoms with Gasteiger partial charge in [0.2, 0.25) is 5.95 Å². The summed E-state index contributed by atoms with van der Waals surface area (Å²) in [5, 5.41) is 0.437. The molecular weight excluding hydrogens is 572 g/mol. The summed E-state index contributed by atoms with van der Waals surface area (Å²) in [6.07, 6.45) is 8.24. The van der Waals surface area contributed by atoms with Gasteiger partial charge in [-0.1, -0.05) is 23.4 Å². The van der Waals surface area contributed by atoms with Crippen LogP contribution in [0.15, 0.2) is 40.0 Å². The van der Waals surface area contributed by atoms with Crippen molar-refractivity contribution in [2.75, 3.05) is 23.7 Å². The Bertz CT molecular complexity index is 1570. The number of nitrogens with zero attached hydrogens (tertiary/aromatic N) is 6. The molecule has 206 valence electrons. The first kappa shape index (κ1) is 26.9. The van der Waals surface area contributed by atoms with Crippen molar-refractivity contribution in [3.05, 3.63) is 51.5 Å². The van der Waals surface area contributed by atoms with Gasteiger partial charge in [-0.2, -0.15) is 0 Å². The molecule has 2 atom stereocenters. The molecule has 4 aromatic rings. The van der Waals surface area contributed by atoms with Crippen molar-refractivity contribution < 1.29 is 4.21 Å². The molecule has 9 nitrogen and oxygen atoms in total. The number of aromatic nitrogens is 5. The lowest BCUT2D eigenvalue weighted by atomic mass is 9.74. The zero-order chi connectivity index (χ0) is 27.5. The van der Waals surface area contributed by atoms with E-state index in [1.165, 1.54) is 16.6 Å². The second-order valence-electron chi connectivity index (χ2n) is 11.2. The van der Waals surface area contributed by atoms with Gasteiger partial charge in [0.15, 0.2) is 5.65 Å². The zero-order valence-corrected chi connectivity index (χ0v) is 25.5. The van der Waals surface area contributed by atoms with Gasteiger partial charge in [-0.05, 0) is 53.0 Å². The lowest BCUT2D eigenvalue weighted by Gasteiger charge is -2.44. The molecule has 1 aliphatic carbocycles. The molecule has 0 radical (unpaired) electrons. The van der Waals surface area contributed by atoms with Crippen molar-refractivity contribution in [2.45, 2.75) is 67.5 Å². The van der Waals surface area contributed by atoms with Crippen molar-refractivity contribution in [2.24, 2.45) is 5.41 Å². The molecule has 0 aromatic carbocycles. The number of aryl methyl sites for hydroxylation is 1. The zero-order valence-electron chi connectivity index (χ0n) is 22.3. The molecule has 13 heteroatoms. The van der Waals surface area contributed by atoms with Crippen molar-refractivity contribution in [1.82, 2.24) is 29.1 Å². The predicted octanol–water partition coefficient (Wildman–Crippen LogP) is 5.21. The number of nitrogen functional groups attached to an aromatic ring is 1. The molecule has 2 aliphatic rings. The quantitative estimate of drug-likeness (QED) is 0.320. The van der Waals surface area contributed by atoms with Gasteiger partial charge in [-0.3, -0.25) is 4.40 Å². The van der Waals surface area contributed by atoms with Crippen molar-refractivity contribution in [1.29, 1.82) is 0 Å². The molecule has 1 saturated heterocycles. The number of anilines is 2. The number of hydrogen-bond donors (Lipinski definition) is 2. The second kappa shape index (κ2) is 9.99. The number of nitrogens with one attached hydrogen (secondary N) is 1. The number of hydrogen-bond acceptors (Lipinski definition) is 9. The van der Waals surface area contributed by atoms with E-state index in [1.807, 2.05) is 45.5 Å². The lowest BCUT2D eigenvalue weighted by Crippen LogP contribution is -2.48. The first-order valence-electron chi connectivity index (χ1n) is 12.8. The van der Waals surface area contributed by atoms with E-state index in [1.54, 1.807) is 23.7 Å². The third-order valence-electron chi connectivity index (χ3n) is 7.64. The number of pyridine rings is 1. The molecule has 0 saturated carbocycles. The van der Waals surface area contributed by atoms with Crippen molar-refractivity contribution in [3.8, 4) is 0 Å². The summed E-state index contributed by atoms with van der Waals surface area (Å²) in [6, 6.07) is 1.90. The SMILES string of the molecule is Cc1nc(N2CCC3(CC2)Cc2ncsc2C3NS(=O)C(C)(C)C)n2ccnc2c1Sc1ccnc(N)c1Cl. The number of imidazole rings is 1. The minimum atomic E-state index is -1.16. The monoisotopic (exact) mass is 602 g/mol. The van der Waals surface area contributed by atoms with Crippen molar-refractivity contribution >= 4 is 63.1 Å². The number of nitrogens with two attached hydrogens (primary N) is 1. The Hall–Kier alpha value is -2.25. The highest BCUT2D eigenvalue weighted by molar-refractivity contribution is 7.99. The maximum atomic E-state index is 13.2. The van der Waals surface area contributed by atoms with Gasteiger partial charge in [0.1, 0.15) is 5.82 Å². The van der Waals surface area contributed by atoms with E-state index in [0.29, 0.717) is 10.8 Å². The number of halogens is 1. The maximum absolute atomic E-state index is 13.2. The lowest BCUT2D eigenvalue weighted by molar-refractivity contribution is 0.177. The van der Waals surface area contributed by atoms with Gasteiger partial charge in [0.25, 0.3) is 0 Å². The summed E-state index contributed by atoms with van der Waals surface area (Å²) in [5.41, 5.74) is 10.7. The fourth-order valence-corrected chi connectivity index (χ4v) is 8.68. The van der Waals surface area contributed by atoms with Crippen LogP contribution in [-0.2, 0) is 17.4 Å². The summed E-state index contributed by atoms with van der Waals surface area (Å²) >= 11 is 9.61. The fourth-order valence-electron chi connectivity index (χ4n) is 5.46. The van der Waals surface area contributed by atoms with E-state index in [-0.39, 0.29) is 16.2 Å². The Morgan fingerprint density at radius 1 is 1.23 bits per heavy atom. The van der Waals surface area contributed by atoms with E-state index in [2.05, 4.69) is 29.0 Å². The van der Waals surface area contributed by atoms with Crippen LogP contribution >= 0.6 is 34.7 Å². The summed E-state index contributed by atoms with van der Waals surface area (Å²) in [5.74, 6) is 1.19. The molecule has 4 aromatic heterocycles. The van der Waals surface area contributed by atoms with Crippen LogP contribution in [0.3, 0.4) is 0 Å². The number of thiazole rings is 1. The molecule has 39 heavy (non-hydrogen) atoms. The van der Waals surface area contributed by atoms with Crippen LogP contribution < -0.4 is 15.4 Å². The number of rotatable bonds is 5. The van der Waals surface area contributed by atoms with E-state index in [4.69, 9.17) is 22.3 Å². The molecule has 1 fully saturated rings. The maximum Gasteiger partial charge on any atom is 0.211 e. The fraction of sp³-hybridized carbons (Fsp3) is 0.462. The minimum Gasteiger partial charge on any atom is -0.382 e. The second-order valence-corrected chi connectivity index (χ2v) is 15.5. The van der Waals surface area contributed by atoms with Gasteiger partial charge in [-0.25, -0.2) is 28.9 Å². The summed E-state index contributed by atoms with van der Waals surface area (Å²) in [6.45, 7) is 9.72. The van der Waals surface area contributed by atoms with Crippen LogP contribution in [0.25, 0.3) is 5.65 Å². The van der Waals surface area contributed by atoms with Gasteiger partial charge < -0.3 is 10.6 Å². The Balaban J connectivity index is 1.27. The minimum absolute atomic E-state index is 0.0102. The predicted molar refractivity (Wildman–Crippen MR) is 159 cm³/mol. The van der Waals surface area contributed by atoms with Gasteiger partial charge in [0, 0.05) is 46.9 Å². The van der Waals surface area contributed by atoms with E-state index < -0.39 is 11.0 Å². The largest absolute Gasteiger partial charge is 0.382 e. The normalized spacial score (nSPS) is 19.6. The van der Waals surface area contributed by atoms with Gasteiger partial charge in [0.05, 0.1) is 48.6 Å². The highest BCUT2D eigenvalue weighted by Gasteiger charge is 2.50. The highest BCUT2D eigenvalue weighted by Crippen LogP contribution is 2.53. The van der Waals surface area contributed by atoms with Gasteiger partial charge >= 0.3 is 0 Å². The van der Waals surface area contributed by atoms with Crippen LogP contribution in [0.4, 0.5) is 11.8 Å². The van der Waals surface area contributed by atoms with Crippen LogP contribution in [0.5, 0.6) is 0 Å². The summed E-state index contributed by atoms with van der Waals surface area (Å²) < 4.78 is 18.4. The molecule has 6 rings (SSSR count). The molecule has 2 unspecified atom stereocenters. The molecule has 0 bridgehead atoms. The Kier molecular flexibility index (Phi) is 6.90. The molecular formula is C26H31ClN8OS3. The van der Waals surface area contributed by atoms with Crippen LogP contribution in [0.1, 0.15) is 55.9 Å². The van der Waals surface area contributed by atoms with Crippen molar-refractivity contribution in [3.63, 3.8) is 0 Å². The molecule has 1 spiro atoms. The average molecular weight is 603 g/mol. The number of piperidine rings is 1. The smallest absolute Gasteiger partial charge is 0.211 e. The third-order valence-corrected chi connectivity index (χ3v) is 11.9. The first-order valence-corrected chi connectivity index (χ1v) is 16.1. The number of fused-ring (bicyclic) bond motifs is 2. The average Bonchev–Trinajstić information content (AvgIpc) is 3.61. The molecule has 5 heterocycles. The molecule has 0 amide bonds. The van der Waals surface area contributed by atoms with Crippen LogP contribution in [-0.4, -0.2) is 46.4 Å². The third kappa shape index (κ3) is 4.73. The highest BCUT2D eigenvalue weighted by atomic mass is 35.5. The van der Waals surface area contributed by atoms with Crippen LogP contribution in [0.2, 0.25) is 5.02 Å². The van der Waals surface area contributed by atoms with E-state index >= 15 is 0 Å². The Morgan fingerprint density at radius 2 is 2.00 bits per heavy atom. The van der Waals surface area contributed by atoms with E-state index in [9.17, 15) is 4.21 Å². The first-order chi connectivity index (χ1) is 18.6. The van der Waals surface area contributed by atoms with Crippen LogP contribution in [0, 0.1) is 12.3 Å². The molecule has 1 aliphatic heterocycles. The summed E-state index contributed by atoms with van der Waals surface area (Å²) in [7, 11) is -1.16. The molecule has 3 N–H and O–H groups in total. The standard InChI is InChI=1S/C26H31ClN8OS3/c1-15-19(38-17-5-8-29-22(28)18(17)27)23-30-9-12-35(23)24(32-15)34-10-6-26(7-11-34)13-16-20(37-14-31-16)21(26)33-39(36)25(2,3)4/h5,8-9,12,14,21,33H,6-7,10-11,13H2,1-4H3,(H2,28,29). The van der Waals surface area contributed by atoms with Gasteiger partial charge in [-0.15, -0.1) is 11.3 Å². The Morgan fingerprint density at radius 3 is 2.74 bits per heavy atom. The topological polar surface area (TPSA) is 114 Å². The Labute approximate surface area is 243 Å². The van der Waals surface area contributed by atoms with E-state index in [0.717, 1.165) is 65.1 Å².